The molecule has 0 unspecified atom stereocenters. The number of aliphatic imine (C=N–C) groups is 2. The van der Waals surface area contributed by atoms with Crippen LogP contribution in [0.4, 0.5) is 10.5 Å². The maximum Gasteiger partial charge on any atom is 0.414 e. The van der Waals surface area contributed by atoms with Crippen molar-refractivity contribution in [2.24, 2.45) is 44.1 Å². The fourth-order valence-electron chi connectivity index (χ4n) is 10.8. The fourth-order valence-corrected chi connectivity index (χ4v) is 10.8. The van der Waals surface area contributed by atoms with Gasteiger partial charge in [-0.2, -0.15) is 0 Å². The molecule has 80 heavy (non-hydrogen) atoms. The number of aliphatic carboxylic acids is 1. The lowest BCUT2D eigenvalue weighted by Crippen LogP contribution is -2.74. The van der Waals surface area contributed by atoms with Crippen LogP contribution in [0, 0.1) is 10.8 Å². The number of piperidine rings is 1. The number of aliphatic hydroxyl groups is 1. The van der Waals surface area contributed by atoms with Gasteiger partial charge in [0.25, 0.3) is 0 Å². The number of nitrogens with two attached hydrogens (primary N) is 5. The average molecular weight is 1100 g/mol. The molecular formula is C55H69N13O12. The van der Waals surface area contributed by atoms with Crippen molar-refractivity contribution in [2.45, 2.75) is 81.6 Å². The molecule has 16 N–H and O–H groups in total. The molecule has 426 valence electrons. The summed E-state index contributed by atoms with van der Waals surface area (Å²) in [4.78, 5) is 85.6. The molecule has 4 aromatic rings. The summed E-state index contributed by atoms with van der Waals surface area (Å²) in [6.45, 7) is 4.39. The van der Waals surface area contributed by atoms with Crippen molar-refractivity contribution >= 4 is 70.0 Å². The van der Waals surface area contributed by atoms with Gasteiger partial charge >= 0.3 is 18.0 Å². The molecule has 5 atom stereocenters. The molecule has 1 fully saturated rings. The summed E-state index contributed by atoms with van der Waals surface area (Å²) in [5, 5.41) is 38.1. The predicted octanol–water partition coefficient (Wildman–Crippen LogP) is 1.56. The number of benzene rings is 4. The van der Waals surface area contributed by atoms with Crippen molar-refractivity contribution < 1.29 is 57.9 Å². The summed E-state index contributed by atoms with van der Waals surface area (Å²) in [6, 6.07) is 19.8. The SMILES string of the molecule is COc1ccc2c3c1O[C@H]1C(OC(=O)N(C)CC(C)(C)CNC(=O)[C@H](CCCN=C(N)N)NC(=O)CNC(=O)CC(=O)O)=CC[C@@]4(O)[C@@H](C2)N(C)CC[C@]314.N=C(N)c1ccc2cc(OC(=O)c3ccc(N=C(N)N)cc3)ccc2c1. The number of guanidine groups is 2. The fraction of sp³-hybridized carbons (Fsp3) is 0.400. The Labute approximate surface area is 461 Å². The van der Waals surface area contributed by atoms with Crippen molar-refractivity contribution in [3.05, 3.63) is 107 Å². The third-order valence-electron chi connectivity index (χ3n) is 14.5. The molecule has 0 saturated carbocycles. The van der Waals surface area contributed by atoms with E-state index in [1.54, 1.807) is 62.7 Å². The number of hydrogen-bond donors (Lipinski definition) is 11. The van der Waals surface area contributed by atoms with E-state index in [-0.39, 0.29) is 56.3 Å². The smallest absolute Gasteiger partial charge is 0.414 e. The summed E-state index contributed by atoms with van der Waals surface area (Å²) in [5.74, 6) is -2.17. The molecule has 25 nitrogen and oxygen atoms in total. The van der Waals surface area contributed by atoms with Gasteiger partial charge in [0, 0.05) is 50.3 Å². The number of nitrogens with one attached hydrogen (secondary N) is 4. The Hall–Kier alpha value is -8.97. The van der Waals surface area contributed by atoms with Gasteiger partial charge in [0.15, 0.2) is 29.5 Å². The van der Waals surface area contributed by atoms with Gasteiger partial charge in [-0.05, 0) is 116 Å². The molecule has 8 rings (SSSR count). The van der Waals surface area contributed by atoms with E-state index in [0.29, 0.717) is 59.1 Å². The van der Waals surface area contributed by atoms with E-state index >= 15 is 0 Å². The van der Waals surface area contributed by atoms with Crippen LogP contribution < -0.4 is 58.8 Å². The highest BCUT2D eigenvalue weighted by atomic mass is 16.6. The van der Waals surface area contributed by atoms with Crippen LogP contribution >= 0.6 is 0 Å². The molecule has 0 radical (unpaired) electrons. The Bertz CT molecular complexity index is 3160. The number of amides is 4. The van der Waals surface area contributed by atoms with E-state index in [1.807, 2.05) is 51.2 Å². The number of nitrogen functional groups attached to an aromatic ring is 1. The average Bonchev–Trinajstić information content (AvgIpc) is 3.89. The van der Waals surface area contributed by atoms with E-state index in [9.17, 15) is 33.9 Å². The quantitative estimate of drug-likeness (QED) is 0.0149. The van der Waals surface area contributed by atoms with Crippen LogP contribution in [0.1, 0.15) is 73.0 Å². The van der Waals surface area contributed by atoms with Crippen LogP contribution in [0.25, 0.3) is 10.8 Å². The van der Waals surface area contributed by atoms with Crippen LogP contribution in [0.5, 0.6) is 17.2 Å². The van der Waals surface area contributed by atoms with Gasteiger partial charge in [-0.1, -0.05) is 38.1 Å². The predicted molar refractivity (Wildman–Crippen MR) is 296 cm³/mol. The van der Waals surface area contributed by atoms with Crippen molar-refractivity contribution in [3.63, 3.8) is 0 Å². The third kappa shape index (κ3) is 13.1. The summed E-state index contributed by atoms with van der Waals surface area (Å²) in [7, 11) is 5.18. The normalized spacial score (nSPS) is 19.6. The Morgan fingerprint density at radius 3 is 2.30 bits per heavy atom. The lowest BCUT2D eigenvalue weighted by atomic mass is 9.50. The van der Waals surface area contributed by atoms with E-state index < -0.39 is 77.3 Å². The van der Waals surface area contributed by atoms with Crippen LogP contribution in [0.3, 0.4) is 0 Å². The Morgan fingerprint density at radius 2 is 1.62 bits per heavy atom. The third-order valence-corrected chi connectivity index (χ3v) is 14.5. The highest BCUT2D eigenvalue weighted by molar-refractivity contribution is 6.00. The van der Waals surface area contributed by atoms with Crippen LogP contribution in [0.15, 0.2) is 94.6 Å². The number of esters is 1. The van der Waals surface area contributed by atoms with Gasteiger partial charge in [-0.3, -0.25) is 29.6 Å². The van der Waals surface area contributed by atoms with Gasteiger partial charge in [-0.25, -0.2) is 14.6 Å². The van der Waals surface area contributed by atoms with Gasteiger partial charge in [0.05, 0.1) is 35.9 Å². The lowest BCUT2D eigenvalue weighted by Gasteiger charge is -2.61. The van der Waals surface area contributed by atoms with Crippen molar-refractivity contribution in [1.29, 1.82) is 5.41 Å². The van der Waals surface area contributed by atoms with Gasteiger partial charge in [0.2, 0.25) is 17.7 Å². The zero-order valence-corrected chi connectivity index (χ0v) is 45.2. The minimum atomic E-state index is -1.34. The topological polar surface area (TPSA) is 401 Å². The molecule has 4 aromatic carbocycles. The zero-order valence-electron chi connectivity index (χ0n) is 45.2. The number of hydrogen-bond acceptors (Lipinski definition) is 15. The first-order chi connectivity index (χ1) is 37.8. The molecule has 1 saturated heterocycles. The van der Waals surface area contributed by atoms with Crippen LogP contribution in [-0.4, -0.2) is 151 Å². The highest BCUT2D eigenvalue weighted by Crippen LogP contribution is 2.65. The van der Waals surface area contributed by atoms with Crippen LogP contribution in [-0.2, 0) is 35.8 Å². The maximum atomic E-state index is 13.7. The number of fused-ring (bicyclic) bond motifs is 1. The molecule has 2 aliphatic heterocycles. The van der Waals surface area contributed by atoms with Crippen molar-refractivity contribution in [1.82, 2.24) is 25.8 Å². The number of amidine groups is 1. The molecule has 2 aliphatic carbocycles. The second-order valence-electron chi connectivity index (χ2n) is 20.9. The van der Waals surface area contributed by atoms with E-state index in [0.717, 1.165) is 28.4 Å². The number of carboxylic acids is 1. The first-order valence-electron chi connectivity index (χ1n) is 25.7. The molecule has 1 spiro atoms. The van der Waals surface area contributed by atoms with Crippen molar-refractivity contribution in [3.8, 4) is 17.2 Å². The molecule has 0 aromatic heterocycles. The number of nitrogens with zero attached hydrogens (tertiary/aromatic N) is 4. The summed E-state index contributed by atoms with van der Waals surface area (Å²) in [6.07, 6.45) is 1.62. The Kier molecular flexibility index (Phi) is 17.9. The molecule has 25 heteroatoms. The molecular weight excluding hydrogens is 1030 g/mol. The van der Waals surface area contributed by atoms with E-state index in [1.165, 1.54) is 4.90 Å². The highest BCUT2D eigenvalue weighted by Gasteiger charge is 2.72. The van der Waals surface area contributed by atoms with Gasteiger partial charge in [-0.15, -0.1) is 0 Å². The van der Waals surface area contributed by atoms with Crippen molar-refractivity contribution in [2.75, 3.05) is 53.9 Å². The molecule has 2 heterocycles. The number of ether oxygens (including phenoxy) is 4. The van der Waals surface area contributed by atoms with E-state index in [4.69, 9.17) is 58.1 Å². The maximum absolute atomic E-state index is 13.7. The first kappa shape index (κ1) is 58.7. The standard InChI is InChI=1S/C36H52N8O10.C19H17N5O2/c1-34(2,18-41-31(49)21(7-6-13-39-32(37)38)42-26(46)17-40-25(45)16-27(47)48)19-44(4)33(50)53-23-10-11-36(51)24-15-20-8-9-22(52-5)29-28(20)35(36,30(23)54-29)12-14-43(24)3;20-17(21)14-2-1-13-10-16(8-5-12(13)9-14)26-18(25)11-3-6-15(7-4-11)24-19(22)23/h8-10,21,24,30,51H,6-7,11-19H2,1-5H3,(H,40,45)(H,41,49)(H,42,46)(H,47,48)(H4,37,38,39);1-10H,(H3,20,21)(H4,22,23,24)/t21-,24+,30-,35-,36+;/m0./s1. The number of likely N-dealkylation sites (tertiary alicyclic amines) is 1. The summed E-state index contributed by atoms with van der Waals surface area (Å²) in [5.41, 5.74) is 27.8. The Balaban J connectivity index is 0.000000296. The number of carboxylic acid groups (broad SMARTS) is 1. The Morgan fingerprint density at radius 1 is 0.925 bits per heavy atom. The number of rotatable bonds is 20. The minimum Gasteiger partial charge on any atom is -0.493 e. The number of likely N-dealkylation sites (N-methyl/N-ethyl adjacent to an activating group) is 1. The lowest BCUT2D eigenvalue weighted by molar-refractivity contribution is -0.163. The second kappa shape index (κ2) is 24.4. The first-order valence-corrected chi connectivity index (χ1v) is 25.7. The monoisotopic (exact) mass is 1100 g/mol. The van der Waals surface area contributed by atoms with Crippen LogP contribution in [0.2, 0.25) is 0 Å². The number of carbonyl (C=O) groups is 6. The summed E-state index contributed by atoms with van der Waals surface area (Å²) >= 11 is 0. The zero-order chi connectivity index (χ0) is 58.3. The van der Waals surface area contributed by atoms with Gasteiger partial charge < -0.3 is 83.6 Å². The summed E-state index contributed by atoms with van der Waals surface area (Å²) < 4.78 is 23.7. The molecule has 4 aliphatic rings. The van der Waals surface area contributed by atoms with E-state index in [2.05, 4.69) is 30.8 Å². The minimum absolute atomic E-state index is 0.00609. The number of methoxy groups -OCH3 is 1. The second-order valence-corrected chi connectivity index (χ2v) is 20.9. The van der Waals surface area contributed by atoms with Gasteiger partial charge in [0.1, 0.15) is 29.8 Å². The molecule has 2 bridgehead atoms. The molecule has 4 amide bonds. The largest absolute Gasteiger partial charge is 0.493 e. The number of carbonyl (C=O) groups excluding carboxylic acids is 5.